The predicted octanol–water partition coefficient (Wildman–Crippen LogP) is 2.50. The molecule has 0 heterocycles. The fourth-order valence-corrected chi connectivity index (χ4v) is 4.95. The van der Waals surface area contributed by atoms with Crippen LogP contribution in [0.3, 0.4) is 0 Å². The van der Waals surface area contributed by atoms with E-state index in [1.54, 1.807) is 13.8 Å². The number of hydrogen-bond donors (Lipinski definition) is 1. The Morgan fingerprint density at radius 2 is 1.31 bits per heavy atom. The van der Waals surface area contributed by atoms with E-state index in [-0.39, 0.29) is 16.3 Å². The molecule has 0 saturated heterocycles. The zero-order valence-electron chi connectivity index (χ0n) is 15.1. The lowest BCUT2D eigenvalue weighted by Crippen LogP contribution is -2.30. The second kappa shape index (κ2) is 8.30. The Labute approximate surface area is 156 Å². The summed E-state index contributed by atoms with van der Waals surface area (Å²) in [4.78, 5) is 0.113. The Bertz CT molecular complexity index is 932. The molecule has 8 heteroatoms. The molecule has 26 heavy (non-hydrogen) atoms. The first-order chi connectivity index (χ1) is 12.2. The van der Waals surface area contributed by atoms with E-state index in [0.29, 0.717) is 13.1 Å². The molecule has 0 unspecified atom stereocenters. The molecule has 0 spiro atoms. The fourth-order valence-electron chi connectivity index (χ4n) is 2.47. The molecule has 0 aliphatic carbocycles. The Morgan fingerprint density at radius 1 is 0.808 bits per heavy atom. The molecule has 0 atom stereocenters. The molecule has 2 aromatic carbocycles. The molecule has 0 aliphatic rings. The number of hydrogen-bond acceptors (Lipinski definition) is 4. The van der Waals surface area contributed by atoms with E-state index >= 15 is 0 Å². The number of sulfonamides is 2. The SMILES string of the molecule is CCN(CC)S(=O)(=O)c1ccc(S(=O)(=O)NCc2ccc(C)cc2)cc1. The topological polar surface area (TPSA) is 83.6 Å². The van der Waals surface area contributed by atoms with E-state index in [9.17, 15) is 16.8 Å². The van der Waals surface area contributed by atoms with Crippen LogP contribution in [-0.2, 0) is 26.6 Å². The van der Waals surface area contributed by atoms with Gasteiger partial charge >= 0.3 is 0 Å². The van der Waals surface area contributed by atoms with Gasteiger partial charge in [-0.05, 0) is 36.8 Å². The molecule has 0 radical (unpaired) electrons. The van der Waals surface area contributed by atoms with Crippen LogP contribution in [0.15, 0.2) is 58.3 Å². The standard InChI is InChI=1S/C18H24N2O4S2/c1-4-20(5-2)26(23,24)18-12-10-17(11-13-18)25(21,22)19-14-16-8-6-15(3)7-9-16/h6-13,19H,4-5,14H2,1-3H3. The molecule has 142 valence electrons. The Kier molecular flexibility index (Phi) is 6.57. The minimum atomic E-state index is -3.72. The summed E-state index contributed by atoms with van der Waals surface area (Å²) in [6.07, 6.45) is 0. The van der Waals surface area contributed by atoms with E-state index in [0.717, 1.165) is 11.1 Å². The third-order valence-electron chi connectivity index (χ3n) is 4.06. The van der Waals surface area contributed by atoms with Crippen LogP contribution >= 0.6 is 0 Å². The first-order valence-corrected chi connectivity index (χ1v) is 11.3. The highest BCUT2D eigenvalue weighted by molar-refractivity contribution is 7.89. The van der Waals surface area contributed by atoms with Gasteiger partial charge in [-0.1, -0.05) is 43.7 Å². The van der Waals surface area contributed by atoms with Gasteiger partial charge in [-0.2, -0.15) is 4.31 Å². The summed E-state index contributed by atoms with van der Waals surface area (Å²) in [7, 11) is -7.33. The van der Waals surface area contributed by atoms with Gasteiger partial charge in [0, 0.05) is 19.6 Å². The lowest BCUT2D eigenvalue weighted by Gasteiger charge is -2.18. The van der Waals surface area contributed by atoms with Crippen molar-refractivity contribution >= 4 is 20.0 Å². The van der Waals surface area contributed by atoms with Gasteiger partial charge in [-0.3, -0.25) is 0 Å². The molecule has 6 nitrogen and oxygen atoms in total. The largest absolute Gasteiger partial charge is 0.243 e. The zero-order valence-corrected chi connectivity index (χ0v) is 16.8. The van der Waals surface area contributed by atoms with Gasteiger partial charge in [0.05, 0.1) is 9.79 Å². The van der Waals surface area contributed by atoms with Gasteiger partial charge in [0.25, 0.3) is 0 Å². The maximum Gasteiger partial charge on any atom is 0.243 e. The average molecular weight is 397 g/mol. The summed E-state index contributed by atoms with van der Waals surface area (Å²) in [5, 5.41) is 0. The first kappa shape index (κ1) is 20.6. The van der Waals surface area contributed by atoms with Crippen LogP contribution in [0.4, 0.5) is 0 Å². The number of nitrogens with one attached hydrogen (secondary N) is 1. The van der Waals surface area contributed by atoms with Gasteiger partial charge in [0.2, 0.25) is 20.0 Å². The van der Waals surface area contributed by atoms with Gasteiger partial charge in [0.15, 0.2) is 0 Å². The lowest BCUT2D eigenvalue weighted by atomic mass is 10.2. The zero-order chi connectivity index (χ0) is 19.4. The highest BCUT2D eigenvalue weighted by Crippen LogP contribution is 2.18. The minimum absolute atomic E-state index is 0.0307. The molecule has 2 aromatic rings. The predicted molar refractivity (Wildman–Crippen MR) is 102 cm³/mol. The summed E-state index contributed by atoms with van der Waals surface area (Å²) >= 11 is 0. The maximum atomic E-state index is 12.5. The minimum Gasteiger partial charge on any atom is -0.207 e. The molecule has 0 amide bonds. The van der Waals surface area contributed by atoms with Gasteiger partial charge in [0.1, 0.15) is 0 Å². The van der Waals surface area contributed by atoms with E-state index in [2.05, 4.69) is 4.72 Å². The second-order valence-electron chi connectivity index (χ2n) is 5.87. The highest BCUT2D eigenvalue weighted by atomic mass is 32.2. The smallest absolute Gasteiger partial charge is 0.207 e. The van der Waals surface area contributed by atoms with E-state index in [1.807, 2.05) is 31.2 Å². The van der Waals surface area contributed by atoms with E-state index < -0.39 is 20.0 Å². The van der Waals surface area contributed by atoms with Crippen molar-refractivity contribution in [1.82, 2.24) is 9.03 Å². The van der Waals surface area contributed by atoms with Crippen molar-refractivity contribution in [2.24, 2.45) is 0 Å². The Hall–Kier alpha value is -1.74. The Morgan fingerprint density at radius 3 is 1.81 bits per heavy atom. The quantitative estimate of drug-likeness (QED) is 0.743. The van der Waals surface area contributed by atoms with Gasteiger partial charge in [-0.15, -0.1) is 0 Å². The molecule has 0 fully saturated rings. The molecule has 0 saturated carbocycles. The van der Waals surface area contributed by atoms with Crippen molar-refractivity contribution in [1.29, 1.82) is 0 Å². The monoisotopic (exact) mass is 396 g/mol. The number of benzene rings is 2. The van der Waals surface area contributed by atoms with Gasteiger partial charge < -0.3 is 0 Å². The van der Waals surface area contributed by atoms with Crippen molar-refractivity contribution in [3.63, 3.8) is 0 Å². The van der Waals surface area contributed by atoms with Crippen molar-refractivity contribution in [2.45, 2.75) is 37.1 Å². The number of nitrogens with zero attached hydrogens (tertiary/aromatic N) is 1. The summed E-state index contributed by atoms with van der Waals surface area (Å²) in [5.74, 6) is 0. The van der Waals surface area contributed by atoms with Crippen LogP contribution in [0, 0.1) is 6.92 Å². The maximum absolute atomic E-state index is 12.5. The third-order valence-corrected chi connectivity index (χ3v) is 7.55. The van der Waals surface area contributed by atoms with Gasteiger partial charge in [-0.25, -0.2) is 21.6 Å². The summed E-state index contributed by atoms with van der Waals surface area (Å²) < 4.78 is 53.6. The van der Waals surface area contributed by atoms with Crippen LogP contribution in [0.25, 0.3) is 0 Å². The Balaban J connectivity index is 2.17. The summed E-state index contributed by atoms with van der Waals surface area (Å²) in [6.45, 7) is 6.36. The highest BCUT2D eigenvalue weighted by Gasteiger charge is 2.22. The first-order valence-electron chi connectivity index (χ1n) is 8.36. The van der Waals surface area contributed by atoms with Crippen LogP contribution in [-0.4, -0.2) is 34.2 Å². The summed E-state index contributed by atoms with van der Waals surface area (Å²) in [6, 6.07) is 12.8. The molecule has 2 rings (SSSR count). The third kappa shape index (κ3) is 4.70. The van der Waals surface area contributed by atoms with E-state index in [4.69, 9.17) is 0 Å². The van der Waals surface area contributed by atoms with Crippen LogP contribution in [0.5, 0.6) is 0 Å². The van der Waals surface area contributed by atoms with Crippen LogP contribution in [0.1, 0.15) is 25.0 Å². The van der Waals surface area contributed by atoms with Crippen molar-refractivity contribution in [3.05, 3.63) is 59.7 Å². The second-order valence-corrected chi connectivity index (χ2v) is 9.58. The number of aryl methyl sites for hydroxylation is 1. The molecule has 0 bridgehead atoms. The molecular weight excluding hydrogens is 372 g/mol. The summed E-state index contributed by atoms with van der Waals surface area (Å²) in [5.41, 5.74) is 1.95. The normalized spacial score (nSPS) is 12.5. The lowest BCUT2D eigenvalue weighted by molar-refractivity contribution is 0.445. The number of rotatable bonds is 8. The van der Waals surface area contributed by atoms with Crippen molar-refractivity contribution < 1.29 is 16.8 Å². The average Bonchev–Trinajstić information content (AvgIpc) is 2.62. The van der Waals surface area contributed by atoms with Crippen LogP contribution in [0.2, 0.25) is 0 Å². The molecular formula is C18H24N2O4S2. The van der Waals surface area contributed by atoms with Crippen molar-refractivity contribution in [2.75, 3.05) is 13.1 Å². The molecule has 1 N–H and O–H groups in total. The molecule has 0 aromatic heterocycles. The van der Waals surface area contributed by atoms with E-state index in [1.165, 1.54) is 28.6 Å². The van der Waals surface area contributed by atoms with Crippen molar-refractivity contribution in [3.8, 4) is 0 Å². The molecule has 0 aliphatic heterocycles. The fraction of sp³-hybridized carbons (Fsp3) is 0.333. The van der Waals surface area contributed by atoms with Crippen LogP contribution < -0.4 is 4.72 Å².